The quantitative estimate of drug-likeness (QED) is 0.839. The van der Waals surface area contributed by atoms with Crippen LogP contribution in [0.1, 0.15) is 42.5 Å². The van der Waals surface area contributed by atoms with E-state index in [4.69, 9.17) is 4.74 Å². The summed E-state index contributed by atoms with van der Waals surface area (Å²) in [6.45, 7) is 3.97. The molecule has 0 saturated carbocycles. The van der Waals surface area contributed by atoms with Crippen molar-refractivity contribution in [3.8, 4) is 5.75 Å². The van der Waals surface area contributed by atoms with Crippen LogP contribution in [0.3, 0.4) is 0 Å². The zero-order valence-corrected chi connectivity index (χ0v) is 16.8. The Labute approximate surface area is 161 Å². The molecular formula is C19H29N3O4S. The third-order valence-corrected chi connectivity index (χ3v) is 7.14. The van der Waals surface area contributed by atoms with E-state index in [0.29, 0.717) is 31.7 Å². The average molecular weight is 396 g/mol. The lowest BCUT2D eigenvalue weighted by molar-refractivity contribution is 0.0766. The molecule has 1 aromatic carbocycles. The van der Waals surface area contributed by atoms with Gasteiger partial charge in [-0.25, -0.2) is 8.42 Å². The molecule has 1 N–H and O–H groups in total. The molecule has 0 spiro atoms. The van der Waals surface area contributed by atoms with Crippen LogP contribution in [0.2, 0.25) is 0 Å². The fourth-order valence-electron chi connectivity index (χ4n) is 3.66. The highest BCUT2D eigenvalue weighted by molar-refractivity contribution is 7.89. The van der Waals surface area contributed by atoms with Crippen molar-refractivity contribution in [2.75, 3.05) is 46.4 Å². The van der Waals surface area contributed by atoms with Crippen molar-refractivity contribution in [3.05, 3.63) is 23.8 Å². The average Bonchev–Trinajstić information content (AvgIpc) is 3.12. The molecule has 0 radical (unpaired) electrons. The number of carbonyl (C=O) groups is 1. The normalized spacial score (nSPS) is 20.0. The van der Waals surface area contributed by atoms with E-state index in [0.717, 1.165) is 45.2 Å². The smallest absolute Gasteiger partial charge is 0.253 e. The minimum atomic E-state index is -3.70. The molecule has 2 aliphatic heterocycles. The van der Waals surface area contributed by atoms with E-state index in [9.17, 15) is 13.2 Å². The van der Waals surface area contributed by atoms with Gasteiger partial charge >= 0.3 is 0 Å². The van der Waals surface area contributed by atoms with Gasteiger partial charge in [0.15, 0.2) is 0 Å². The van der Waals surface area contributed by atoms with Crippen molar-refractivity contribution in [3.63, 3.8) is 0 Å². The molecule has 2 heterocycles. The maximum atomic E-state index is 13.2. The van der Waals surface area contributed by atoms with Gasteiger partial charge in [-0.1, -0.05) is 12.8 Å². The number of ether oxygens (including phenoxy) is 1. The third-order valence-electron chi connectivity index (χ3n) is 5.22. The topological polar surface area (TPSA) is 79.0 Å². The SMILES string of the molecule is COc1ccc(C(=O)N2CCCNCC2)cc1S(=O)(=O)N1CCCCCC1. The number of benzene rings is 1. The molecule has 1 amide bonds. The summed E-state index contributed by atoms with van der Waals surface area (Å²) in [6.07, 6.45) is 4.71. The zero-order valence-electron chi connectivity index (χ0n) is 15.9. The van der Waals surface area contributed by atoms with Crippen LogP contribution in [-0.2, 0) is 10.0 Å². The number of hydrogen-bond donors (Lipinski definition) is 1. The van der Waals surface area contributed by atoms with Crippen LogP contribution < -0.4 is 10.1 Å². The lowest BCUT2D eigenvalue weighted by atomic mass is 10.2. The monoisotopic (exact) mass is 395 g/mol. The maximum Gasteiger partial charge on any atom is 0.253 e. The first-order valence-corrected chi connectivity index (χ1v) is 11.2. The second kappa shape index (κ2) is 9.03. The van der Waals surface area contributed by atoms with Crippen molar-refractivity contribution in [1.82, 2.24) is 14.5 Å². The maximum absolute atomic E-state index is 13.2. The Bertz CT molecular complexity index is 750. The molecule has 2 fully saturated rings. The Hall–Kier alpha value is -1.64. The van der Waals surface area contributed by atoms with Gasteiger partial charge in [-0.3, -0.25) is 4.79 Å². The number of amides is 1. The Balaban J connectivity index is 1.92. The molecule has 0 aliphatic carbocycles. The molecule has 0 bridgehead atoms. The summed E-state index contributed by atoms with van der Waals surface area (Å²) in [5.74, 6) is 0.155. The van der Waals surface area contributed by atoms with Crippen LogP contribution >= 0.6 is 0 Å². The van der Waals surface area contributed by atoms with Gasteiger partial charge in [0.25, 0.3) is 5.91 Å². The molecule has 3 rings (SSSR count). The first kappa shape index (κ1) is 20.1. The van der Waals surface area contributed by atoms with Crippen LogP contribution in [0.4, 0.5) is 0 Å². The number of rotatable bonds is 4. The van der Waals surface area contributed by atoms with Crippen molar-refractivity contribution in [1.29, 1.82) is 0 Å². The van der Waals surface area contributed by atoms with Crippen LogP contribution in [0.5, 0.6) is 5.75 Å². The number of sulfonamides is 1. The molecule has 0 atom stereocenters. The first-order chi connectivity index (χ1) is 13.0. The van der Waals surface area contributed by atoms with Crippen LogP contribution in [-0.4, -0.2) is 69.9 Å². The highest BCUT2D eigenvalue weighted by Gasteiger charge is 2.30. The van der Waals surface area contributed by atoms with Gasteiger partial charge in [0.05, 0.1) is 7.11 Å². The first-order valence-electron chi connectivity index (χ1n) is 9.72. The summed E-state index contributed by atoms with van der Waals surface area (Å²) in [7, 11) is -2.24. The van der Waals surface area contributed by atoms with E-state index in [2.05, 4.69) is 5.32 Å². The number of methoxy groups -OCH3 is 1. The van der Waals surface area contributed by atoms with Crippen molar-refractivity contribution in [2.45, 2.75) is 37.0 Å². The fraction of sp³-hybridized carbons (Fsp3) is 0.632. The van der Waals surface area contributed by atoms with E-state index in [1.807, 2.05) is 0 Å². The van der Waals surface area contributed by atoms with E-state index in [-0.39, 0.29) is 16.6 Å². The van der Waals surface area contributed by atoms with Crippen molar-refractivity contribution >= 4 is 15.9 Å². The van der Waals surface area contributed by atoms with Gasteiger partial charge in [0, 0.05) is 38.3 Å². The predicted octanol–water partition coefficient (Wildman–Crippen LogP) is 1.70. The fourth-order valence-corrected chi connectivity index (χ4v) is 5.36. The molecule has 0 unspecified atom stereocenters. The highest BCUT2D eigenvalue weighted by Crippen LogP contribution is 2.29. The molecule has 0 aromatic heterocycles. The van der Waals surface area contributed by atoms with Gasteiger partial charge in [-0.2, -0.15) is 4.31 Å². The molecule has 2 aliphatic rings. The van der Waals surface area contributed by atoms with E-state index < -0.39 is 10.0 Å². The van der Waals surface area contributed by atoms with Gasteiger partial charge in [0.1, 0.15) is 10.6 Å². The van der Waals surface area contributed by atoms with Crippen molar-refractivity contribution in [2.24, 2.45) is 0 Å². The summed E-state index contributed by atoms with van der Waals surface area (Å²) < 4.78 is 33.3. The van der Waals surface area contributed by atoms with E-state index in [1.165, 1.54) is 17.5 Å². The summed E-state index contributed by atoms with van der Waals surface area (Å²) in [5.41, 5.74) is 0.395. The third kappa shape index (κ3) is 4.62. The molecular weight excluding hydrogens is 366 g/mol. The zero-order chi connectivity index (χ0) is 19.3. The molecule has 27 heavy (non-hydrogen) atoms. The van der Waals surface area contributed by atoms with Gasteiger partial charge in [0.2, 0.25) is 10.0 Å². The minimum Gasteiger partial charge on any atom is -0.495 e. The van der Waals surface area contributed by atoms with Crippen LogP contribution in [0, 0.1) is 0 Å². The Morgan fingerprint density at radius 3 is 2.44 bits per heavy atom. The van der Waals surface area contributed by atoms with Gasteiger partial charge < -0.3 is 15.0 Å². The molecule has 7 nitrogen and oxygen atoms in total. The van der Waals surface area contributed by atoms with Gasteiger partial charge in [-0.05, 0) is 44.0 Å². The summed E-state index contributed by atoms with van der Waals surface area (Å²) >= 11 is 0. The van der Waals surface area contributed by atoms with Gasteiger partial charge in [-0.15, -0.1) is 0 Å². The van der Waals surface area contributed by atoms with E-state index >= 15 is 0 Å². The Morgan fingerprint density at radius 2 is 1.74 bits per heavy atom. The Morgan fingerprint density at radius 1 is 1.00 bits per heavy atom. The predicted molar refractivity (Wildman–Crippen MR) is 104 cm³/mol. The lowest BCUT2D eigenvalue weighted by Gasteiger charge is -2.23. The molecule has 8 heteroatoms. The standard InChI is InChI=1S/C19H29N3O4S/c1-26-17-8-7-16(19(23)21-11-6-9-20-10-14-21)15-18(17)27(24,25)22-12-4-2-3-5-13-22/h7-8,15,20H,2-6,9-14H2,1H3. The molecule has 2 saturated heterocycles. The Kier molecular flexibility index (Phi) is 6.73. The largest absolute Gasteiger partial charge is 0.495 e. The highest BCUT2D eigenvalue weighted by atomic mass is 32.2. The molecule has 150 valence electrons. The molecule has 1 aromatic rings. The summed E-state index contributed by atoms with van der Waals surface area (Å²) in [6, 6.07) is 4.73. The number of carbonyl (C=O) groups excluding carboxylic acids is 1. The van der Waals surface area contributed by atoms with Crippen molar-refractivity contribution < 1.29 is 17.9 Å². The summed E-state index contributed by atoms with van der Waals surface area (Å²) in [4.78, 5) is 14.8. The number of hydrogen-bond acceptors (Lipinski definition) is 5. The van der Waals surface area contributed by atoms with E-state index in [1.54, 1.807) is 17.0 Å². The van der Waals surface area contributed by atoms with Crippen LogP contribution in [0.25, 0.3) is 0 Å². The van der Waals surface area contributed by atoms with Crippen LogP contribution in [0.15, 0.2) is 23.1 Å². The number of nitrogens with zero attached hydrogens (tertiary/aromatic N) is 2. The lowest BCUT2D eigenvalue weighted by Crippen LogP contribution is -2.35. The second-order valence-corrected chi connectivity index (χ2v) is 8.99. The number of nitrogens with one attached hydrogen (secondary N) is 1. The second-order valence-electron chi connectivity index (χ2n) is 7.08. The summed E-state index contributed by atoms with van der Waals surface area (Å²) in [5, 5.41) is 3.27. The minimum absolute atomic E-state index is 0.0886.